The van der Waals surface area contributed by atoms with Gasteiger partial charge in [-0.3, -0.25) is 9.69 Å². The summed E-state index contributed by atoms with van der Waals surface area (Å²) in [5.74, 6) is -0.310. The Labute approximate surface area is 155 Å². The van der Waals surface area contributed by atoms with Crippen molar-refractivity contribution in [2.75, 3.05) is 26.2 Å². The van der Waals surface area contributed by atoms with E-state index in [4.69, 9.17) is 0 Å². The molecule has 0 radical (unpaired) electrons. The van der Waals surface area contributed by atoms with E-state index in [0.29, 0.717) is 18.0 Å². The van der Waals surface area contributed by atoms with Gasteiger partial charge in [0.1, 0.15) is 11.6 Å². The molecule has 4 nitrogen and oxygen atoms in total. The Balaban J connectivity index is 1.80. The highest BCUT2D eigenvalue weighted by Crippen LogP contribution is 2.30. The lowest BCUT2D eigenvalue weighted by Gasteiger charge is -2.31. The SMILES string of the molecule is Cc1c(O)c(C(=O)/C=C/N2CCCC2)cc(CN2CCCC(C)C2)c1F. The standard InChI is InChI=1S/C21H29FN2O2/c1-15-6-5-10-24(13-15)14-17-12-18(21(26)16(2)20(17)22)19(25)7-11-23-8-3-4-9-23/h7,11-12,15,26H,3-6,8-10,13-14H2,1-2H3/b11-7+. The van der Waals surface area contributed by atoms with Gasteiger partial charge in [-0.25, -0.2) is 4.39 Å². The molecule has 2 saturated heterocycles. The lowest BCUT2D eigenvalue weighted by molar-refractivity contribution is 0.104. The Morgan fingerprint density at radius 3 is 2.73 bits per heavy atom. The molecule has 0 amide bonds. The van der Waals surface area contributed by atoms with Crippen molar-refractivity contribution in [3.8, 4) is 5.75 Å². The van der Waals surface area contributed by atoms with Gasteiger partial charge in [-0.05, 0) is 51.1 Å². The first kappa shape index (κ1) is 18.9. The molecule has 1 atom stereocenters. The number of benzene rings is 1. The first-order valence-corrected chi connectivity index (χ1v) is 9.65. The highest BCUT2D eigenvalue weighted by molar-refractivity contribution is 6.06. The Morgan fingerprint density at radius 2 is 2.04 bits per heavy atom. The van der Waals surface area contributed by atoms with Crippen molar-refractivity contribution < 1.29 is 14.3 Å². The monoisotopic (exact) mass is 360 g/mol. The van der Waals surface area contributed by atoms with Crippen molar-refractivity contribution in [1.82, 2.24) is 9.80 Å². The van der Waals surface area contributed by atoms with Gasteiger partial charge in [0.2, 0.25) is 0 Å². The van der Waals surface area contributed by atoms with Crippen LogP contribution in [0.3, 0.4) is 0 Å². The number of rotatable bonds is 5. The molecule has 2 aliphatic heterocycles. The molecule has 0 aliphatic carbocycles. The van der Waals surface area contributed by atoms with Gasteiger partial charge in [0, 0.05) is 49.6 Å². The zero-order valence-electron chi connectivity index (χ0n) is 15.8. The van der Waals surface area contributed by atoms with Gasteiger partial charge >= 0.3 is 0 Å². The molecule has 0 bridgehead atoms. The molecule has 3 rings (SSSR count). The van der Waals surface area contributed by atoms with E-state index >= 15 is 0 Å². The summed E-state index contributed by atoms with van der Waals surface area (Å²) >= 11 is 0. The van der Waals surface area contributed by atoms with Crippen LogP contribution in [0.15, 0.2) is 18.3 Å². The van der Waals surface area contributed by atoms with Crippen molar-refractivity contribution in [2.45, 2.75) is 46.1 Å². The van der Waals surface area contributed by atoms with E-state index < -0.39 is 5.82 Å². The minimum absolute atomic E-state index is 0.158. The third-order valence-corrected chi connectivity index (χ3v) is 5.52. The number of piperidine rings is 1. The van der Waals surface area contributed by atoms with E-state index in [-0.39, 0.29) is 22.7 Å². The van der Waals surface area contributed by atoms with Crippen molar-refractivity contribution in [3.05, 3.63) is 40.8 Å². The Hall–Kier alpha value is -1.88. The summed E-state index contributed by atoms with van der Waals surface area (Å²) < 4.78 is 14.7. The Morgan fingerprint density at radius 1 is 1.31 bits per heavy atom. The maximum Gasteiger partial charge on any atom is 0.191 e. The van der Waals surface area contributed by atoms with Gasteiger partial charge in [-0.2, -0.15) is 0 Å². The topological polar surface area (TPSA) is 43.8 Å². The number of allylic oxidation sites excluding steroid dienone is 1. The van der Waals surface area contributed by atoms with E-state index in [1.807, 2.05) is 0 Å². The molecule has 2 aliphatic rings. The highest BCUT2D eigenvalue weighted by Gasteiger charge is 2.22. The van der Waals surface area contributed by atoms with Crippen LogP contribution in [0, 0.1) is 18.7 Å². The van der Waals surface area contributed by atoms with Crippen LogP contribution in [0.5, 0.6) is 5.75 Å². The van der Waals surface area contributed by atoms with E-state index in [9.17, 15) is 14.3 Å². The fraction of sp³-hybridized carbons (Fsp3) is 0.571. The maximum atomic E-state index is 14.7. The van der Waals surface area contributed by atoms with Crippen LogP contribution in [0.2, 0.25) is 0 Å². The predicted octanol–water partition coefficient (Wildman–Crippen LogP) is 3.86. The lowest BCUT2D eigenvalue weighted by atomic mass is 9.97. The molecule has 2 fully saturated rings. The van der Waals surface area contributed by atoms with E-state index in [1.165, 1.54) is 25.5 Å². The van der Waals surface area contributed by atoms with Gasteiger partial charge in [-0.15, -0.1) is 0 Å². The quantitative estimate of drug-likeness (QED) is 0.640. The Bertz CT molecular complexity index is 696. The molecule has 0 saturated carbocycles. The summed E-state index contributed by atoms with van der Waals surface area (Å²) in [4.78, 5) is 16.9. The highest BCUT2D eigenvalue weighted by atomic mass is 19.1. The molecule has 0 spiro atoms. The average Bonchev–Trinajstić information content (AvgIpc) is 3.14. The molecule has 5 heteroatoms. The minimum Gasteiger partial charge on any atom is -0.507 e. The van der Waals surface area contributed by atoms with Crippen LogP contribution >= 0.6 is 0 Å². The molecular weight excluding hydrogens is 331 g/mol. The second-order valence-corrected chi connectivity index (χ2v) is 7.78. The molecule has 1 aromatic rings. The van der Waals surface area contributed by atoms with Crippen LogP contribution in [0.25, 0.3) is 0 Å². The van der Waals surface area contributed by atoms with Crippen molar-refractivity contribution in [3.63, 3.8) is 0 Å². The number of ketones is 1. The van der Waals surface area contributed by atoms with E-state index in [0.717, 1.165) is 45.4 Å². The lowest BCUT2D eigenvalue weighted by Crippen LogP contribution is -2.34. The number of hydrogen-bond donors (Lipinski definition) is 1. The molecule has 142 valence electrons. The fourth-order valence-corrected chi connectivity index (χ4v) is 3.98. The summed E-state index contributed by atoms with van der Waals surface area (Å²) in [7, 11) is 0. The smallest absolute Gasteiger partial charge is 0.191 e. The van der Waals surface area contributed by atoms with Crippen LogP contribution in [0.1, 0.15) is 54.1 Å². The van der Waals surface area contributed by atoms with Gasteiger partial charge < -0.3 is 10.0 Å². The second kappa shape index (κ2) is 8.21. The van der Waals surface area contributed by atoms with Gasteiger partial charge in [0.05, 0.1) is 5.56 Å². The number of carbonyl (C=O) groups excluding carboxylic acids is 1. The number of hydrogen-bond acceptors (Lipinski definition) is 4. The normalized spacial score (nSPS) is 21.7. The molecule has 0 aromatic heterocycles. The molecule has 1 aromatic carbocycles. The molecule has 1 unspecified atom stereocenters. The number of halogens is 1. The zero-order chi connectivity index (χ0) is 18.7. The number of nitrogens with zero attached hydrogens (tertiary/aromatic N) is 2. The van der Waals surface area contributed by atoms with Crippen LogP contribution < -0.4 is 0 Å². The number of phenolic OH excluding ortho intramolecular Hbond substituents is 1. The average molecular weight is 360 g/mol. The number of aromatic hydroxyl groups is 1. The first-order chi connectivity index (χ1) is 12.5. The van der Waals surface area contributed by atoms with Gasteiger partial charge in [0.25, 0.3) is 0 Å². The molecular formula is C21H29FN2O2. The molecule has 26 heavy (non-hydrogen) atoms. The van der Waals surface area contributed by atoms with Gasteiger partial charge in [0.15, 0.2) is 5.78 Å². The summed E-state index contributed by atoms with van der Waals surface area (Å²) in [5.41, 5.74) is 0.845. The van der Waals surface area contributed by atoms with Crippen molar-refractivity contribution in [2.24, 2.45) is 5.92 Å². The summed E-state index contributed by atoms with van der Waals surface area (Å²) in [6.45, 7) is 8.02. The largest absolute Gasteiger partial charge is 0.507 e. The summed E-state index contributed by atoms with van der Waals surface area (Å²) in [5, 5.41) is 10.3. The minimum atomic E-state index is -0.402. The van der Waals surface area contributed by atoms with Crippen molar-refractivity contribution in [1.29, 1.82) is 0 Å². The summed E-state index contributed by atoms with van der Waals surface area (Å²) in [6, 6.07) is 1.54. The maximum absolute atomic E-state index is 14.7. The van der Waals surface area contributed by atoms with E-state index in [1.54, 1.807) is 6.20 Å². The fourth-order valence-electron chi connectivity index (χ4n) is 3.98. The summed E-state index contributed by atoms with van der Waals surface area (Å²) in [6.07, 6.45) is 7.88. The van der Waals surface area contributed by atoms with Crippen LogP contribution in [0.4, 0.5) is 4.39 Å². The molecule has 1 N–H and O–H groups in total. The zero-order valence-corrected chi connectivity index (χ0v) is 15.8. The number of carbonyl (C=O) groups is 1. The van der Waals surface area contributed by atoms with Crippen LogP contribution in [-0.2, 0) is 6.54 Å². The molecule has 2 heterocycles. The number of likely N-dealkylation sites (tertiary alicyclic amines) is 2. The second-order valence-electron chi connectivity index (χ2n) is 7.78. The predicted molar refractivity (Wildman–Crippen MR) is 101 cm³/mol. The number of phenols is 1. The van der Waals surface area contributed by atoms with E-state index in [2.05, 4.69) is 16.7 Å². The van der Waals surface area contributed by atoms with Crippen molar-refractivity contribution >= 4 is 5.78 Å². The third kappa shape index (κ3) is 4.26. The van der Waals surface area contributed by atoms with Crippen LogP contribution in [-0.4, -0.2) is 46.9 Å². The third-order valence-electron chi connectivity index (χ3n) is 5.52. The van der Waals surface area contributed by atoms with Gasteiger partial charge in [-0.1, -0.05) is 6.92 Å². The first-order valence-electron chi connectivity index (χ1n) is 9.65. The Kier molecular flexibility index (Phi) is 5.97.